The van der Waals surface area contributed by atoms with Crippen LogP contribution in [0, 0.1) is 22.0 Å². The Morgan fingerprint density at radius 1 is 1.48 bits per heavy atom. The summed E-state index contributed by atoms with van der Waals surface area (Å²) < 4.78 is 5.00. The van der Waals surface area contributed by atoms with Gasteiger partial charge >= 0.3 is 6.09 Å². The second-order valence-corrected chi connectivity index (χ2v) is 5.46. The van der Waals surface area contributed by atoms with Gasteiger partial charge in [-0.25, -0.2) is 4.79 Å². The van der Waals surface area contributed by atoms with Gasteiger partial charge in [-0.15, -0.1) is 0 Å². The highest BCUT2D eigenvalue weighted by molar-refractivity contribution is 5.82. The minimum Gasteiger partial charge on any atom is -0.506 e. The lowest BCUT2D eigenvalue weighted by Crippen LogP contribution is -2.32. The van der Waals surface area contributed by atoms with Gasteiger partial charge in [0.1, 0.15) is 11.4 Å². The SMILES string of the molecule is CC(C)(C)OC(=O)NCC#Cc1cc([N+](=O)[O-])cc(C=O)c1O. The lowest BCUT2D eigenvalue weighted by molar-refractivity contribution is -0.384. The van der Waals surface area contributed by atoms with Crippen molar-refractivity contribution in [3.63, 3.8) is 0 Å². The first-order valence-electron chi connectivity index (χ1n) is 6.56. The number of rotatable bonds is 3. The Balaban J connectivity index is 2.86. The van der Waals surface area contributed by atoms with Gasteiger partial charge in [0.15, 0.2) is 6.29 Å². The molecule has 8 heteroatoms. The predicted octanol–water partition coefficient (Wildman–Crippen LogP) is 1.99. The molecule has 2 N–H and O–H groups in total. The van der Waals surface area contributed by atoms with Gasteiger partial charge < -0.3 is 15.2 Å². The third-order valence-corrected chi connectivity index (χ3v) is 2.41. The van der Waals surface area contributed by atoms with E-state index in [9.17, 15) is 24.8 Å². The van der Waals surface area contributed by atoms with E-state index >= 15 is 0 Å². The van der Waals surface area contributed by atoms with Crippen LogP contribution in [-0.4, -0.2) is 34.6 Å². The zero-order valence-electron chi connectivity index (χ0n) is 12.9. The average Bonchev–Trinajstić information content (AvgIpc) is 2.42. The molecule has 0 saturated carbocycles. The molecular weight excluding hydrogens is 304 g/mol. The van der Waals surface area contributed by atoms with E-state index in [4.69, 9.17) is 4.74 Å². The Morgan fingerprint density at radius 2 is 2.13 bits per heavy atom. The fourth-order valence-corrected chi connectivity index (χ4v) is 1.50. The van der Waals surface area contributed by atoms with Crippen molar-refractivity contribution in [1.29, 1.82) is 0 Å². The standard InChI is InChI=1S/C15H16N2O6/c1-15(2,3)23-14(20)16-6-4-5-10-7-12(17(21)22)8-11(9-18)13(10)19/h7-9,19H,6H2,1-3H3,(H,16,20). The summed E-state index contributed by atoms with van der Waals surface area (Å²) in [6, 6.07) is 2.00. The third kappa shape index (κ3) is 5.67. The van der Waals surface area contributed by atoms with Crippen LogP contribution < -0.4 is 5.32 Å². The molecule has 0 spiro atoms. The Labute approximate surface area is 132 Å². The smallest absolute Gasteiger partial charge is 0.408 e. The summed E-state index contributed by atoms with van der Waals surface area (Å²) in [7, 11) is 0. The molecule has 0 radical (unpaired) electrons. The maximum Gasteiger partial charge on any atom is 0.408 e. The number of benzene rings is 1. The largest absolute Gasteiger partial charge is 0.506 e. The zero-order chi connectivity index (χ0) is 17.6. The van der Waals surface area contributed by atoms with E-state index in [0.717, 1.165) is 12.1 Å². The molecule has 0 aliphatic heterocycles. The number of carbonyl (C=O) groups is 2. The molecule has 0 atom stereocenters. The van der Waals surface area contributed by atoms with Crippen LogP contribution in [0.1, 0.15) is 36.7 Å². The zero-order valence-corrected chi connectivity index (χ0v) is 12.9. The first kappa shape index (κ1) is 18.0. The van der Waals surface area contributed by atoms with Crippen LogP contribution in [0.15, 0.2) is 12.1 Å². The van der Waals surface area contributed by atoms with E-state index in [1.54, 1.807) is 20.8 Å². The van der Waals surface area contributed by atoms with Gasteiger partial charge in [-0.05, 0) is 20.8 Å². The molecule has 8 nitrogen and oxygen atoms in total. The van der Waals surface area contributed by atoms with E-state index in [-0.39, 0.29) is 23.4 Å². The number of phenols is 1. The maximum atomic E-state index is 11.4. The van der Waals surface area contributed by atoms with Crippen LogP contribution in [0.2, 0.25) is 0 Å². The maximum absolute atomic E-state index is 11.4. The molecule has 0 fully saturated rings. The van der Waals surface area contributed by atoms with Gasteiger partial charge in [0.25, 0.3) is 5.69 Å². The van der Waals surface area contributed by atoms with E-state index in [0.29, 0.717) is 6.29 Å². The fourth-order valence-electron chi connectivity index (χ4n) is 1.50. The van der Waals surface area contributed by atoms with Crippen molar-refractivity contribution in [3.8, 4) is 17.6 Å². The number of nitro groups is 1. The van der Waals surface area contributed by atoms with Crippen molar-refractivity contribution >= 4 is 18.1 Å². The van der Waals surface area contributed by atoms with E-state index < -0.39 is 22.4 Å². The van der Waals surface area contributed by atoms with Crippen molar-refractivity contribution in [2.45, 2.75) is 26.4 Å². The highest BCUT2D eigenvalue weighted by Crippen LogP contribution is 2.26. The summed E-state index contributed by atoms with van der Waals surface area (Å²) in [5.74, 6) is 4.53. The quantitative estimate of drug-likeness (QED) is 0.380. The van der Waals surface area contributed by atoms with Crippen molar-refractivity contribution < 1.29 is 24.4 Å². The van der Waals surface area contributed by atoms with Crippen LogP contribution in [0.3, 0.4) is 0 Å². The van der Waals surface area contributed by atoms with E-state index in [2.05, 4.69) is 17.2 Å². The normalized spacial score (nSPS) is 10.2. The number of amides is 1. The summed E-state index contributed by atoms with van der Waals surface area (Å²) >= 11 is 0. The van der Waals surface area contributed by atoms with Crippen molar-refractivity contribution in [3.05, 3.63) is 33.4 Å². The average molecular weight is 320 g/mol. The molecule has 0 heterocycles. The number of non-ortho nitro benzene ring substituents is 1. The molecule has 1 rings (SSSR count). The fraction of sp³-hybridized carbons (Fsp3) is 0.333. The van der Waals surface area contributed by atoms with E-state index in [1.165, 1.54) is 0 Å². The van der Waals surface area contributed by atoms with Gasteiger partial charge in [0.2, 0.25) is 0 Å². The van der Waals surface area contributed by atoms with Crippen LogP contribution in [0.25, 0.3) is 0 Å². The van der Waals surface area contributed by atoms with Crippen LogP contribution in [-0.2, 0) is 4.74 Å². The van der Waals surface area contributed by atoms with E-state index in [1.807, 2.05) is 0 Å². The van der Waals surface area contributed by atoms with Crippen LogP contribution >= 0.6 is 0 Å². The van der Waals surface area contributed by atoms with Gasteiger partial charge in [0, 0.05) is 12.1 Å². The Kier molecular flexibility index (Phi) is 5.68. The second-order valence-electron chi connectivity index (χ2n) is 5.46. The van der Waals surface area contributed by atoms with Crippen molar-refractivity contribution in [2.24, 2.45) is 0 Å². The first-order chi connectivity index (χ1) is 10.6. The topological polar surface area (TPSA) is 119 Å². The molecule has 1 aromatic carbocycles. The van der Waals surface area contributed by atoms with Crippen molar-refractivity contribution in [1.82, 2.24) is 5.32 Å². The number of aldehydes is 1. The molecular formula is C15H16N2O6. The molecule has 1 aromatic rings. The molecule has 23 heavy (non-hydrogen) atoms. The summed E-state index contributed by atoms with van der Waals surface area (Å²) in [5.41, 5.74) is -1.32. The lowest BCUT2D eigenvalue weighted by atomic mass is 10.1. The number of nitrogens with one attached hydrogen (secondary N) is 1. The number of ether oxygens (including phenoxy) is 1. The Morgan fingerprint density at radius 3 is 2.65 bits per heavy atom. The number of phenolic OH excluding ortho intramolecular Hbond substituents is 1. The molecule has 0 aliphatic carbocycles. The summed E-state index contributed by atoms with van der Waals surface area (Å²) in [4.78, 5) is 32.3. The Hall–Kier alpha value is -3.08. The van der Waals surface area contributed by atoms with Gasteiger partial charge in [-0.1, -0.05) is 11.8 Å². The highest BCUT2D eigenvalue weighted by atomic mass is 16.6. The number of aromatic hydroxyl groups is 1. The lowest BCUT2D eigenvalue weighted by Gasteiger charge is -2.19. The van der Waals surface area contributed by atoms with Gasteiger partial charge in [0.05, 0.1) is 22.6 Å². The van der Waals surface area contributed by atoms with Crippen molar-refractivity contribution in [2.75, 3.05) is 6.54 Å². The summed E-state index contributed by atoms with van der Waals surface area (Å²) in [5, 5.41) is 22.9. The number of hydrogen-bond acceptors (Lipinski definition) is 6. The number of nitrogens with zero attached hydrogens (tertiary/aromatic N) is 1. The molecule has 1 amide bonds. The van der Waals surface area contributed by atoms with Gasteiger partial charge in [-0.3, -0.25) is 14.9 Å². The monoisotopic (exact) mass is 320 g/mol. The molecule has 122 valence electrons. The van der Waals surface area contributed by atoms with Crippen LogP contribution in [0.5, 0.6) is 5.75 Å². The number of alkyl carbamates (subject to hydrolysis) is 1. The molecule has 0 unspecified atom stereocenters. The molecule has 0 bridgehead atoms. The summed E-state index contributed by atoms with van der Waals surface area (Å²) in [6.45, 7) is 5.04. The number of carbonyl (C=O) groups excluding carboxylic acids is 2. The molecule has 0 saturated heterocycles. The number of hydrogen-bond donors (Lipinski definition) is 2. The van der Waals surface area contributed by atoms with Gasteiger partial charge in [-0.2, -0.15) is 0 Å². The first-order valence-corrected chi connectivity index (χ1v) is 6.56. The second kappa shape index (κ2) is 7.26. The predicted molar refractivity (Wildman–Crippen MR) is 81.3 cm³/mol. The minimum absolute atomic E-state index is 0.0766. The Bertz CT molecular complexity index is 694. The van der Waals surface area contributed by atoms with Crippen LogP contribution in [0.4, 0.5) is 10.5 Å². The molecule has 0 aromatic heterocycles. The minimum atomic E-state index is -0.698. The molecule has 0 aliphatic rings. The highest BCUT2D eigenvalue weighted by Gasteiger charge is 2.16. The summed E-state index contributed by atoms with van der Waals surface area (Å²) in [6.07, 6.45) is -0.365. The number of nitro benzene ring substituents is 1. The third-order valence-electron chi connectivity index (χ3n) is 2.41.